The van der Waals surface area contributed by atoms with Crippen molar-refractivity contribution in [2.75, 3.05) is 26.1 Å². The van der Waals surface area contributed by atoms with Gasteiger partial charge in [-0.05, 0) is 49.0 Å². The summed E-state index contributed by atoms with van der Waals surface area (Å²) in [5, 5.41) is 2.94. The minimum absolute atomic E-state index is 0.0951. The first kappa shape index (κ1) is 19.3. The van der Waals surface area contributed by atoms with Crippen molar-refractivity contribution in [2.24, 2.45) is 5.73 Å². The van der Waals surface area contributed by atoms with Gasteiger partial charge < -0.3 is 16.0 Å². The van der Waals surface area contributed by atoms with E-state index in [4.69, 9.17) is 5.73 Å². The fraction of sp³-hybridized carbons (Fsp3) is 0.500. The van der Waals surface area contributed by atoms with Crippen LogP contribution in [0.2, 0.25) is 0 Å². The zero-order valence-electron chi connectivity index (χ0n) is 14.9. The zero-order chi connectivity index (χ0) is 18.6. The summed E-state index contributed by atoms with van der Waals surface area (Å²) in [6.07, 6.45) is 4.04. The maximum Gasteiger partial charge on any atom is 0.248 e. The van der Waals surface area contributed by atoms with Crippen molar-refractivity contribution in [3.05, 3.63) is 35.4 Å². The predicted octanol–water partition coefficient (Wildman–Crippen LogP) is 1.14. The van der Waals surface area contributed by atoms with Crippen molar-refractivity contribution in [1.29, 1.82) is 0 Å². The Morgan fingerprint density at radius 1 is 1.24 bits per heavy atom. The van der Waals surface area contributed by atoms with Crippen LogP contribution in [0.1, 0.15) is 35.2 Å². The van der Waals surface area contributed by atoms with Crippen LogP contribution in [-0.2, 0) is 15.0 Å². The molecule has 0 radical (unpaired) electrons. The quantitative estimate of drug-likeness (QED) is 0.724. The number of likely N-dealkylation sites (N-methyl/N-ethyl adjacent to an activating group) is 1. The molecular formula is C18H25N3O3S. The van der Waals surface area contributed by atoms with Crippen LogP contribution >= 0.6 is 11.8 Å². The number of nitrogens with zero attached hydrogens (tertiary/aromatic N) is 1. The standard InChI is InChI=1S/C18H25N3O3S/c1-21(2)16(23)14(8-11-25-3)20-17(24)18(9-10-18)13-6-4-12(5-7-13)15(19)22/h4-7,14H,8-11H2,1-3H3,(H2,19,22)(H,20,24)/t14-/m0/s1. The first-order valence-electron chi connectivity index (χ1n) is 8.23. The number of thioether (sulfide) groups is 1. The average molecular weight is 363 g/mol. The monoisotopic (exact) mass is 363 g/mol. The summed E-state index contributed by atoms with van der Waals surface area (Å²) >= 11 is 1.64. The summed E-state index contributed by atoms with van der Waals surface area (Å²) in [4.78, 5) is 37.9. The highest BCUT2D eigenvalue weighted by Crippen LogP contribution is 2.48. The van der Waals surface area contributed by atoms with Crippen LogP contribution in [-0.4, -0.2) is 54.8 Å². The first-order valence-corrected chi connectivity index (χ1v) is 9.62. The van der Waals surface area contributed by atoms with Crippen molar-refractivity contribution in [3.63, 3.8) is 0 Å². The first-order chi connectivity index (χ1) is 11.8. The summed E-state index contributed by atoms with van der Waals surface area (Å²) in [5.74, 6) is 0.0858. The fourth-order valence-corrected chi connectivity index (χ4v) is 3.30. The number of hydrogen-bond acceptors (Lipinski definition) is 4. The maximum absolute atomic E-state index is 12.9. The molecule has 3 amide bonds. The van der Waals surface area contributed by atoms with Crippen LogP contribution in [0.3, 0.4) is 0 Å². The van der Waals surface area contributed by atoms with E-state index in [1.807, 2.05) is 6.26 Å². The Morgan fingerprint density at radius 3 is 2.28 bits per heavy atom. The molecule has 2 rings (SSSR count). The maximum atomic E-state index is 12.9. The smallest absolute Gasteiger partial charge is 0.248 e. The highest BCUT2D eigenvalue weighted by molar-refractivity contribution is 7.98. The average Bonchev–Trinajstić information content (AvgIpc) is 3.39. The third-order valence-corrected chi connectivity index (χ3v) is 5.21. The third-order valence-electron chi connectivity index (χ3n) is 4.56. The van der Waals surface area contributed by atoms with Crippen LogP contribution in [0.4, 0.5) is 0 Å². The molecule has 1 aliphatic rings. The van der Waals surface area contributed by atoms with E-state index < -0.39 is 17.4 Å². The molecule has 6 nitrogen and oxygen atoms in total. The lowest BCUT2D eigenvalue weighted by Gasteiger charge is -2.24. The lowest BCUT2D eigenvalue weighted by Crippen LogP contribution is -2.49. The molecule has 3 N–H and O–H groups in total. The van der Waals surface area contributed by atoms with Crippen LogP contribution in [0.25, 0.3) is 0 Å². The molecule has 1 aliphatic carbocycles. The summed E-state index contributed by atoms with van der Waals surface area (Å²) in [6, 6.07) is 6.31. The van der Waals surface area contributed by atoms with Crippen molar-refractivity contribution in [2.45, 2.75) is 30.7 Å². The molecule has 1 aromatic carbocycles. The van der Waals surface area contributed by atoms with Gasteiger partial charge in [-0.3, -0.25) is 14.4 Å². The van der Waals surface area contributed by atoms with Gasteiger partial charge in [0.1, 0.15) is 6.04 Å². The van der Waals surface area contributed by atoms with Gasteiger partial charge in [-0.25, -0.2) is 0 Å². The van der Waals surface area contributed by atoms with E-state index in [1.165, 1.54) is 4.90 Å². The molecule has 1 atom stereocenters. The second-order valence-electron chi connectivity index (χ2n) is 6.56. The van der Waals surface area contributed by atoms with Crippen LogP contribution in [0.5, 0.6) is 0 Å². The second-order valence-corrected chi connectivity index (χ2v) is 7.55. The van der Waals surface area contributed by atoms with Gasteiger partial charge in [0.05, 0.1) is 5.41 Å². The summed E-state index contributed by atoms with van der Waals surface area (Å²) < 4.78 is 0. The van der Waals surface area contributed by atoms with Crippen molar-refractivity contribution < 1.29 is 14.4 Å². The van der Waals surface area contributed by atoms with Gasteiger partial charge in [-0.15, -0.1) is 0 Å². The Labute approximate surface area is 152 Å². The summed E-state index contributed by atoms with van der Waals surface area (Å²) in [5.41, 5.74) is 5.94. The minimum Gasteiger partial charge on any atom is -0.366 e. The van der Waals surface area contributed by atoms with E-state index in [2.05, 4.69) is 5.32 Å². The largest absolute Gasteiger partial charge is 0.366 e. The van der Waals surface area contributed by atoms with Gasteiger partial charge in [-0.1, -0.05) is 12.1 Å². The Balaban J connectivity index is 2.14. The molecular weight excluding hydrogens is 338 g/mol. The SMILES string of the molecule is CSCC[C@H](NC(=O)C1(c2ccc(C(N)=O)cc2)CC1)C(=O)N(C)C. The Morgan fingerprint density at radius 2 is 1.84 bits per heavy atom. The minimum atomic E-state index is -0.597. The van der Waals surface area contributed by atoms with Crippen LogP contribution < -0.4 is 11.1 Å². The second kappa shape index (κ2) is 7.91. The van der Waals surface area contributed by atoms with E-state index in [1.54, 1.807) is 50.1 Å². The Kier molecular flexibility index (Phi) is 6.11. The molecule has 25 heavy (non-hydrogen) atoms. The molecule has 1 fully saturated rings. The molecule has 1 saturated carbocycles. The molecule has 0 saturated heterocycles. The van der Waals surface area contributed by atoms with Crippen molar-refractivity contribution in [3.8, 4) is 0 Å². The van der Waals surface area contributed by atoms with Crippen LogP contribution in [0.15, 0.2) is 24.3 Å². The number of nitrogens with two attached hydrogens (primary N) is 1. The molecule has 0 spiro atoms. The van der Waals surface area contributed by atoms with E-state index >= 15 is 0 Å². The zero-order valence-corrected chi connectivity index (χ0v) is 15.7. The number of hydrogen-bond donors (Lipinski definition) is 2. The van der Waals surface area contributed by atoms with Crippen molar-refractivity contribution in [1.82, 2.24) is 10.2 Å². The highest BCUT2D eigenvalue weighted by Gasteiger charge is 2.51. The number of rotatable bonds is 8. The number of primary amides is 1. The van der Waals surface area contributed by atoms with Gasteiger partial charge in [0.2, 0.25) is 17.7 Å². The number of amides is 3. The molecule has 0 aromatic heterocycles. The normalized spacial score (nSPS) is 16.0. The third kappa shape index (κ3) is 4.34. The van der Waals surface area contributed by atoms with Crippen LogP contribution in [0, 0.1) is 0 Å². The topological polar surface area (TPSA) is 92.5 Å². The lowest BCUT2D eigenvalue weighted by atomic mass is 9.93. The molecule has 0 aliphatic heterocycles. The number of carbonyl (C=O) groups is 3. The van der Waals surface area contributed by atoms with Gasteiger partial charge >= 0.3 is 0 Å². The van der Waals surface area contributed by atoms with Gasteiger partial charge in [0.25, 0.3) is 0 Å². The summed E-state index contributed by atoms with van der Waals surface area (Å²) in [6.45, 7) is 0. The number of benzene rings is 1. The van der Waals surface area contributed by atoms with Crippen molar-refractivity contribution >= 4 is 29.5 Å². The van der Waals surface area contributed by atoms with Gasteiger partial charge in [-0.2, -0.15) is 11.8 Å². The highest BCUT2D eigenvalue weighted by atomic mass is 32.2. The van der Waals surface area contributed by atoms with Gasteiger partial charge in [0.15, 0.2) is 0 Å². The Hall–Kier alpha value is -2.02. The Bertz CT molecular complexity index is 654. The number of nitrogens with one attached hydrogen (secondary N) is 1. The van der Waals surface area contributed by atoms with E-state index in [0.29, 0.717) is 12.0 Å². The lowest BCUT2D eigenvalue weighted by molar-refractivity contribution is -0.135. The molecule has 7 heteroatoms. The van der Waals surface area contributed by atoms with E-state index in [-0.39, 0.29) is 11.8 Å². The molecule has 0 heterocycles. The van der Waals surface area contributed by atoms with E-state index in [0.717, 1.165) is 24.2 Å². The predicted molar refractivity (Wildman–Crippen MR) is 99.5 cm³/mol. The number of carbonyl (C=O) groups excluding carboxylic acids is 3. The molecule has 136 valence electrons. The molecule has 1 aromatic rings. The molecule has 0 bridgehead atoms. The van der Waals surface area contributed by atoms with E-state index in [9.17, 15) is 14.4 Å². The summed E-state index contributed by atoms with van der Waals surface area (Å²) in [7, 11) is 3.38. The fourth-order valence-electron chi connectivity index (χ4n) is 2.83. The molecule has 0 unspecified atom stereocenters. The van der Waals surface area contributed by atoms with Gasteiger partial charge in [0, 0.05) is 19.7 Å².